The molecule has 2 N–H and O–H groups in total. The van der Waals surface area contributed by atoms with Crippen LogP contribution in [0.3, 0.4) is 0 Å². The minimum atomic E-state index is 0.471. The summed E-state index contributed by atoms with van der Waals surface area (Å²) in [5, 5.41) is 0. The zero-order valence-corrected chi connectivity index (χ0v) is 10.8. The number of rotatable bonds is 5. The first-order chi connectivity index (χ1) is 7.13. The topological polar surface area (TPSA) is 26.0 Å². The maximum absolute atomic E-state index is 6.33. The first-order valence-electron chi connectivity index (χ1n) is 6.89. The van der Waals surface area contributed by atoms with E-state index in [9.17, 15) is 0 Å². The third-order valence-electron chi connectivity index (χ3n) is 4.12. The first kappa shape index (κ1) is 13.0. The molecule has 15 heavy (non-hydrogen) atoms. The molecular weight excluding hydrogens is 182 g/mol. The molecule has 0 bridgehead atoms. The van der Waals surface area contributed by atoms with Gasteiger partial charge in [0.2, 0.25) is 0 Å². The van der Waals surface area contributed by atoms with Gasteiger partial charge in [0, 0.05) is 6.04 Å². The number of hydrogen-bond acceptors (Lipinski definition) is 1. The average molecular weight is 211 g/mol. The molecule has 0 aromatic carbocycles. The van der Waals surface area contributed by atoms with E-state index in [1.807, 2.05) is 0 Å². The molecule has 1 aliphatic carbocycles. The highest BCUT2D eigenvalue weighted by Gasteiger charge is 2.24. The van der Waals surface area contributed by atoms with Crippen molar-refractivity contribution in [3.63, 3.8) is 0 Å². The highest BCUT2D eigenvalue weighted by atomic mass is 14.7. The van der Waals surface area contributed by atoms with Crippen molar-refractivity contribution in [1.82, 2.24) is 0 Å². The van der Waals surface area contributed by atoms with E-state index in [4.69, 9.17) is 5.73 Å². The van der Waals surface area contributed by atoms with Gasteiger partial charge in [-0.2, -0.15) is 0 Å². The number of nitrogens with two attached hydrogens (primary N) is 1. The largest absolute Gasteiger partial charge is 0.327 e. The molecule has 0 aromatic rings. The highest BCUT2D eigenvalue weighted by Crippen LogP contribution is 2.31. The maximum Gasteiger partial charge on any atom is 0.00697 e. The van der Waals surface area contributed by atoms with Crippen LogP contribution >= 0.6 is 0 Å². The van der Waals surface area contributed by atoms with E-state index in [1.54, 1.807) is 0 Å². The summed E-state index contributed by atoms with van der Waals surface area (Å²) in [6.45, 7) is 7.00. The van der Waals surface area contributed by atoms with Gasteiger partial charge < -0.3 is 5.73 Å². The Morgan fingerprint density at radius 2 is 1.80 bits per heavy atom. The van der Waals surface area contributed by atoms with Crippen molar-refractivity contribution in [2.75, 3.05) is 0 Å². The minimum absolute atomic E-state index is 0.471. The van der Waals surface area contributed by atoms with Crippen molar-refractivity contribution < 1.29 is 0 Å². The van der Waals surface area contributed by atoms with Crippen LogP contribution in [0.15, 0.2) is 0 Å². The zero-order chi connectivity index (χ0) is 11.3. The summed E-state index contributed by atoms with van der Waals surface area (Å²) in [5.41, 5.74) is 6.33. The molecule has 2 unspecified atom stereocenters. The van der Waals surface area contributed by atoms with E-state index in [0.717, 1.165) is 17.8 Å². The normalized spacial score (nSPS) is 31.2. The first-order valence-corrected chi connectivity index (χ1v) is 6.89. The van der Waals surface area contributed by atoms with Gasteiger partial charge in [0.1, 0.15) is 0 Å². The lowest BCUT2D eigenvalue weighted by Gasteiger charge is -2.31. The molecule has 1 aliphatic rings. The zero-order valence-electron chi connectivity index (χ0n) is 10.8. The Hall–Kier alpha value is -0.0400. The highest BCUT2D eigenvalue weighted by molar-refractivity contribution is 4.79. The van der Waals surface area contributed by atoms with Gasteiger partial charge in [0.15, 0.2) is 0 Å². The molecule has 0 radical (unpaired) electrons. The second-order valence-corrected chi connectivity index (χ2v) is 5.81. The molecule has 1 heteroatoms. The molecule has 90 valence electrons. The summed E-state index contributed by atoms with van der Waals surface area (Å²) < 4.78 is 0. The Morgan fingerprint density at radius 1 is 1.20 bits per heavy atom. The van der Waals surface area contributed by atoms with Crippen LogP contribution in [0.5, 0.6) is 0 Å². The van der Waals surface area contributed by atoms with E-state index in [1.165, 1.54) is 44.9 Å². The van der Waals surface area contributed by atoms with Crippen LogP contribution in [0.4, 0.5) is 0 Å². The maximum atomic E-state index is 6.33. The SMILES string of the molecule is CCCC(C)CC(N)C1CCC(C)CC1. The van der Waals surface area contributed by atoms with Crippen molar-refractivity contribution in [3.8, 4) is 0 Å². The van der Waals surface area contributed by atoms with E-state index >= 15 is 0 Å². The van der Waals surface area contributed by atoms with Crippen molar-refractivity contribution in [1.29, 1.82) is 0 Å². The summed E-state index contributed by atoms with van der Waals surface area (Å²) in [7, 11) is 0. The van der Waals surface area contributed by atoms with Crippen molar-refractivity contribution in [3.05, 3.63) is 0 Å². The molecule has 1 saturated carbocycles. The predicted molar refractivity (Wildman–Crippen MR) is 67.8 cm³/mol. The summed E-state index contributed by atoms with van der Waals surface area (Å²) in [6, 6.07) is 0.471. The Bertz CT molecular complexity index is 159. The van der Waals surface area contributed by atoms with Gasteiger partial charge in [-0.05, 0) is 37.0 Å². The third kappa shape index (κ3) is 4.55. The summed E-state index contributed by atoms with van der Waals surface area (Å²) in [6.07, 6.45) is 9.45. The van der Waals surface area contributed by atoms with E-state index in [-0.39, 0.29) is 0 Å². The molecule has 0 heterocycles. The number of hydrogen-bond donors (Lipinski definition) is 1. The van der Waals surface area contributed by atoms with Gasteiger partial charge in [0.05, 0.1) is 0 Å². The second-order valence-electron chi connectivity index (χ2n) is 5.81. The predicted octanol–water partition coefficient (Wildman–Crippen LogP) is 3.97. The molecule has 0 amide bonds. The van der Waals surface area contributed by atoms with Crippen LogP contribution in [-0.2, 0) is 0 Å². The summed E-state index contributed by atoms with van der Waals surface area (Å²) in [5.74, 6) is 2.59. The molecule has 1 fully saturated rings. The molecule has 0 aliphatic heterocycles. The molecule has 0 saturated heterocycles. The van der Waals surface area contributed by atoms with Gasteiger partial charge in [0.25, 0.3) is 0 Å². The molecule has 1 nitrogen and oxygen atoms in total. The molecule has 2 atom stereocenters. The summed E-state index contributed by atoms with van der Waals surface area (Å²) >= 11 is 0. The van der Waals surface area contributed by atoms with Gasteiger partial charge in [-0.1, -0.05) is 46.5 Å². The van der Waals surface area contributed by atoms with Crippen LogP contribution in [-0.4, -0.2) is 6.04 Å². The molecule has 0 spiro atoms. The Labute approximate surface area is 95.8 Å². The Morgan fingerprint density at radius 3 is 2.33 bits per heavy atom. The third-order valence-corrected chi connectivity index (χ3v) is 4.12. The Kier molecular flexibility index (Phi) is 5.66. The van der Waals surface area contributed by atoms with Gasteiger partial charge >= 0.3 is 0 Å². The van der Waals surface area contributed by atoms with Gasteiger partial charge in [-0.3, -0.25) is 0 Å². The standard InChI is InChI=1S/C14H29N/c1-4-5-12(3)10-14(15)13-8-6-11(2)7-9-13/h11-14H,4-10,15H2,1-3H3. The van der Waals surface area contributed by atoms with E-state index in [2.05, 4.69) is 20.8 Å². The lowest BCUT2D eigenvalue weighted by atomic mass is 9.77. The quantitative estimate of drug-likeness (QED) is 0.731. The van der Waals surface area contributed by atoms with Crippen molar-refractivity contribution >= 4 is 0 Å². The molecule has 0 aromatic heterocycles. The van der Waals surface area contributed by atoms with Gasteiger partial charge in [-0.25, -0.2) is 0 Å². The lowest BCUT2D eigenvalue weighted by Crippen LogP contribution is -2.34. The van der Waals surface area contributed by atoms with Crippen molar-refractivity contribution in [2.45, 2.75) is 71.8 Å². The fraction of sp³-hybridized carbons (Fsp3) is 1.00. The monoisotopic (exact) mass is 211 g/mol. The average Bonchev–Trinajstić information content (AvgIpc) is 2.18. The van der Waals surface area contributed by atoms with Crippen LogP contribution in [0.1, 0.15) is 65.7 Å². The molecular formula is C14H29N. The minimum Gasteiger partial charge on any atom is -0.327 e. The smallest absolute Gasteiger partial charge is 0.00697 e. The Balaban J connectivity index is 2.24. The molecule has 1 rings (SSSR count). The van der Waals surface area contributed by atoms with Crippen LogP contribution in [0, 0.1) is 17.8 Å². The van der Waals surface area contributed by atoms with Crippen LogP contribution in [0.2, 0.25) is 0 Å². The summed E-state index contributed by atoms with van der Waals surface area (Å²) in [4.78, 5) is 0. The van der Waals surface area contributed by atoms with Crippen LogP contribution in [0.25, 0.3) is 0 Å². The van der Waals surface area contributed by atoms with Crippen LogP contribution < -0.4 is 5.73 Å². The van der Waals surface area contributed by atoms with Crippen molar-refractivity contribution in [2.24, 2.45) is 23.5 Å². The van der Waals surface area contributed by atoms with E-state index < -0.39 is 0 Å². The lowest BCUT2D eigenvalue weighted by molar-refractivity contribution is 0.232. The van der Waals surface area contributed by atoms with Gasteiger partial charge in [-0.15, -0.1) is 0 Å². The second kappa shape index (κ2) is 6.52. The van der Waals surface area contributed by atoms with E-state index in [0.29, 0.717) is 6.04 Å². The fourth-order valence-corrected chi connectivity index (χ4v) is 2.98. The fourth-order valence-electron chi connectivity index (χ4n) is 2.98.